The summed E-state index contributed by atoms with van der Waals surface area (Å²) < 4.78 is 10.5. The highest BCUT2D eigenvalue weighted by Crippen LogP contribution is 2.33. The second-order valence-corrected chi connectivity index (χ2v) is 3.81. The number of hydrogen-bond acceptors (Lipinski definition) is 3. The van der Waals surface area contributed by atoms with Crippen molar-refractivity contribution < 1.29 is 14.3 Å². The van der Waals surface area contributed by atoms with Crippen molar-refractivity contribution in [3.8, 4) is 11.5 Å². The molecule has 1 saturated heterocycles. The van der Waals surface area contributed by atoms with Crippen molar-refractivity contribution in [2.45, 2.75) is 12.3 Å². The average Bonchev–Trinajstić information content (AvgIpc) is 2.75. The van der Waals surface area contributed by atoms with Crippen molar-refractivity contribution in [1.29, 1.82) is 0 Å². The summed E-state index contributed by atoms with van der Waals surface area (Å²) in [5, 5.41) is 2.82. The third-order valence-electron chi connectivity index (χ3n) is 2.85. The molecule has 2 rings (SSSR count). The van der Waals surface area contributed by atoms with Gasteiger partial charge in [-0.15, -0.1) is 0 Å². The van der Waals surface area contributed by atoms with Crippen LogP contribution in [-0.4, -0.2) is 26.7 Å². The summed E-state index contributed by atoms with van der Waals surface area (Å²) >= 11 is 0. The number of methoxy groups -OCH3 is 2. The number of ether oxygens (including phenoxy) is 2. The van der Waals surface area contributed by atoms with E-state index in [0.717, 1.165) is 17.1 Å². The fourth-order valence-corrected chi connectivity index (χ4v) is 1.98. The van der Waals surface area contributed by atoms with E-state index in [-0.39, 0.29) is 11.8 Å². The molecule has 16 heavy (non-hydrogen) atoms. The monoisotopic (exact) mass is 221 g/mol. The molecule has 0 spiro atoms. The van der Waals surface area contributed by atoms with Crippen LogP contribution in [0.1, 0.15) is 17.9 Å². The van der Waals surface area contributed by atoms with Crippen LogP contribution in [0.15, 0.2) is 18.2 Å². The van der Waals surface area contributed by atoms with Crippen molar-refractivity contribution in [2.75, 3.05) is 20.8 Å². The number of nitrogens with one attached hydrogen (secondary N) is 1. The second-order valence-electron chi connectivity index (χ2n) is 3.81. The van der Waals surface area contributed by atoms with Gasteiger partial charge in [0.1, 0.15) is 11.5 Å². The molecular formula is C12H15NO3. The molecule has 1 aromatic carbocycles. The van der Waals surface area contributed by atoms with Gasteiger partial charge in [-0.2, -0.15) is 0 Å². The van der Waals surface area contributed by atoms with Crippen molar-refractivity contribution in [3.63, 3.8) is 0 Å². The first-order valence-electron chi connectivity index (χ1n) is 5.23. The molecule has 4 nitrogen and oxygen atoms in total. The summed E-state index contributed by atoms with van der Waals surface area (Å²) in [6, 6.07) is 5.66. The van der Waals surface area contributed by atoms with Crippen LogP contribution in [0.2, 0.25) is 0 Å². The summed E-state index contributed by atoms with van der Waals surface area (Å²) in [5.41, 5.74) is 1.03. The molecule has 0 aromatic heterocycles. The highest BCUT2D eigenvalue weighted by atomic mass is 16.5. The van der Waals surface area contributed by atoms with Gasteiger partial charge in [0.15, 0.2) is 0 Å². The van der Waals surface area contributed by atoms with Crippen molar-refractivity contribution in [2.24, 2.45) is 0 Å². The first kappa shape index (κ1) is 10.8. The van der Waals surface area contributed by atoms with Gasteiger partial charge in [0.05, 0.1) is 14.2 Å². The van der Waals surface area contributed by atoms with Crippen LogP contribution in [0, 0.1) is 0 Å². The topological polar surface area (TPSA) is 47.6 Å². The molecule has 0 radical (unpaired) electrons. The molecule has 1 heterocycles. The maximum atomic E-state index is 11.2. The van der Waals surface area contributed by atoms with Crippen LogP contribution in [0.4, 0.5) is 0 Å². The Balaban J connectivity index is 2.33. The Kier molecular flexibility index (Phi) is 2.99. The minimum absolute atomic E-state index is 0.0925. The summed E-state index contributed by atoms with van der Waals surface area (Å²) in [7, 11) is 3.26. The molecule has 1 fully saturated rings. The molecule has 1 atom stereocenters. The Bertz CT molecular complexity index is 403. The zero-order valence-electron chi connectivity index (χ0n) is 9.45. The van der Waals surface area contributed by atoms with Crippen LogP contribution in [0.5, 0.6) is 11.5 Å². The third kappa shape index (κ3) is 1.96. The van der Waals surface area contributed by atoms with Gasteiger partial charge < -0.3 is 14.8 Å². The van der Waals surface area contributed by atoms with E-state index < -0.39 is 0 Å². The molecule has 0 saturated carbocycles. The van der Waals surface area contributed by atoms with Crippen LogP contribution >= 0.6 is 0 Å². The van der Waals surface area contributed by atoms with E-state index in [4.69, 9.17) is 9.47 Å². The van der Waals surface area contributed by atoms with E-state index in [9.17, 15) is 4.79 Å². The van der Waals surface area contributed by atoms with Gasteiger partial charge in [0.25, 0.3) is 0 Å². The van der Waals surface area contributed by atoms with Crippen LogP contribution in [0.25, 0.3) is 0 Å². The SMILES string of the molecule is COc1ccc(OC)c(C2CNC(=O)C2)c1. The normalized spacial score (nSPS) is 19.4. The first-order chi connectivity index (χ1) is 7.74. The number of rotatable bonds is 3. The van der Waals surface area contributed by atoms with Crippen LogP contribution in [0.3, 0.4) is 0 Å². The molecule has 1 N–H and O–H groups in total. The quantitative estimate of drug-likeness (QED) is 0.837. The Morgan fingerprint density at radius 3 is 2.69 bits per heavy atom. The van der Waals surface area contributed by atoms with Gasteiger partial charge in [-0.25, -0.2) is 0 Å². The van der Waals surface area contributed by atoms with E-state index in [2.05, 4.69) is 5.32 Å². The lowest BCUT2D eigenvalue weighted by Gasteiger charge is -2.14. The molecule has 86 valence electrons. The number of carbonyl (C=O) groups is 1. The molecular weight excluding hydrogens is 206 g/mol. The Labute approximate surface area is 94.6 Å². The van der Waals surface area contributed by atoms with E-state index in [0.29, 0.717) is 13.0 Å². The minimum Gasteiger partial charge on any atom is -0.497 e. The zero-order chi connectivity index (χ0) is 11.5. The van der Waals surface area contributed by atoms with E-state index in [1.165, 1.54) is 0 Å². The molecule has 1 aromatic rings. The number of hydrogen-bond donors (Lipinski definition) is 1. The van der Waals surface area contributed by atoms with Crippen LogP contribution < -0.4 is 14.8 Å². The molecule has 1 aliphatic heterocycles. The number of amides is 1. The summed E-state index contributed by atoms with van der Waals surface area (Å²) in [6.07, 6.45) is 0.517. The van der Waals surface area contributed by atoms with Crippen molar-refractivity contribution in [1.82, 2.24) is 5.32 Å². The molecule has 1 aliphatic rings. The fourth-order valence-electron chi connectivity index (χ4n) is 1.98. The minimum atomic E-state index is 0.0925. The molecule has 0 aliphatic carbocycles. The van der Waals surface area contributed by atoms with Crippen LogP contribution in [-0.2, 0) is 4.79 Å². The lowest BCUT2D eigenvalue weighted by Crippen LogP contribution is -2.13. The summed E-state index contributed by atoms with van der Waals surface area (Å²) in [5.74, 6) is 1.87. The summed E-state index contributed by atoms with van der Waals surface area (Å²) in [4.78, 5) is 11.2. The van der Waals surface area contributed by atoms with Gasteiger partial charge >= 0.3 is 0 Å². The summed E-state index contributed by atoms with van der Waals surface area (Å²) in [6.45, 7) is 0.669. The van der Waals surface area contributed by atoms with Gasteiger partial charge in [0, 0.05) is 24.4 Å². The Morgan fingerprint density at radius 1 is 1.31 bits per heavy atom. The number of benzene rings is 1. The molecule has 4 heteroatoms. The standard InChI is InChI=1S/C12H15NO3/c1-15-9-3-4-11(16-2)10(6-9)8-5-12(14)13-7-8/h3-4,6,8H,5,7H2,1-2H3,(H,13,14). The largest absolute Gasteiger partial charge is 0.497 e. The molecule has 0 bridgehead atoms. The second kappa shape index (κ2) is 4.43. The molecule has 1 unspecified atom stereocenters. The predicted molar refractivity (Wildman–Crippen MR) is 59.9 cm³/mol. The maximum absolute atomic E-state index is 11.2. The number of carbonyl (C=O) groups excluding carboxylic acids is 1. The highest BCUT2D eigenvalue weighted by molar-refractivity contribution is 5.79. The zero-order valence-corrected chi connectivity index (χ0v) is 9.45. The van der Waals surface area contributed by atoms with Gasteiger partial charge in [-0.3, -0.25) is 4.79 Å². The van der Waals surface area contributed by atoms with Gasteiger partial charge in [-0.1, -0.05) is 0 Å². The Hall–Kier alpha value is -1.71. The van der Waals surface area contributed by atoms with E-state index in [1.807, 2.05) is 18.2 Å². The first-order valence-corrected chi connectivity index (χ1v) is 5.23. The fraction of sp³-hybridized carbons (Fsp3) is 0.417. The maximum Gasteiger partial charge on any atom is 0.220 e. The lowest BCUT2D eigenvalue weighted by atomic mass is 9.97. The predicted octanol–water partition coefficient (Wildman–Crippen LogP) is 1.31. The third-order valence-corrected chi connectivity index (χ3v) is 2.85. The smallest absolute Gasteiger partial charge is 0.220 e. The Morgan fingerprint density at radius 2 is 2.12 bits per heavy atom. The molecule has 1 amide bonds. The highest BCUT2D eigenvalue weighted by Gasteiger charge is 2.25. The van der Waals surface area contributed by atoms with Crippen molar-refractivity contribution >= 4 is 5.91 Å². The lowest BCUT2D eigenvalue weighted by molar-refractivity contribution is -0.119. The van der Waals surface area contributed by atoms with E-state index >= 15 is 0 Å². The van der Waals surface area contributed by atoms with Gasteiger partial charge in [-0.05, 0) is 18.2 Å². The van der Waals surface area contributed by atoms with E-state index in [1.54, 1.807) is 14.2 Å². The van der Waals surface area contributed by atoms with Crippen molar-refractivity contribution in [3.05, 3.63) is 23.8 Å². The van der Waals surface area contributed by atoms with Gasteiger partial charge in [0.2, 0.25) is 5.91 Å². The average molecular weight is 221 g/mol.